The van der Waals surface area contributed by atoms with Crippen LogP contribution in [-0.4, -0.2) is 0 Å². The summed E-state index contributed by atoms with van der Waals surface area (Å²) < 4.78 is 0. The maximum absolute atomic E-state index is 2.64. The van der Waals surface area contributed by atoms with Gasteiger partial charge in [-0.05, 0) is 62.8 Å². The van der Waals surface area contributed by atoms with Gasteiger partial charge in [0.05, 0.1) is 0 Å². The van der Waals surface area contributed by atoms with Crippen LogP contribution in [0.15, 0.2) is 126 Å². The van der Waals surface area contributed by atoms with Crippen molar-refractivity contribution >= 4 is 0 Å². The molecule has 0 radical (unpaired) electrons. The minimum Gasteiger partial charge on any atom is -0.0723 e. The first kappa shape index (κ1) is 23.5. The molecule has 1 fully saturated rings. The molecule has 0 N–H and O–H groups in total. The topological polar surface area (TPSA) is 0 Å². The summed E-state index contributed by atoms with van der Waals surface area (Å²) in [7, 11) is 0. The predicted octanol–water partition coefficient (Wildman–Crippen LogP) is 9.43. The van der Waals surface area contributed by atoms with Crippen molar-refractivity contribution in [2.45, 2.75) is 51.4 Å². The number of rotatable bonds is 3. The van der Waals surface area contributed by atoms with Crippen LogP contribution >= 0.6 is 0 Å². The molecule has 3 atom stereocenters. The molecular formula is C38H36. The zero-order chi connectivity index (χ0) is 26.1. The highest BCUT2D eigenvalue weighted by atomic mass is 14.6. The van der Waals surface area contributed by atoms with Crippen LogP contribution < -0.4 is 0 Å². The molecule has 0 spiro atoms. The summed E-state index contributed by atoms with van der Waals surface area (Å²) in [6.45, 7) is 9.58. The van der Waals surface area contributed by atoms with Gasteiger partial charge in [-0.3, -0.25) is 0 Å². The number of fused-ring (bicyclic) bond motifs is 4. The monoisotopic (exact) mass is 492 g/mol. The Morgan fingerprint density at radius 2 is 1.32 bits per heavy atom. The summed E-state index contributed by atoms with van der Waals surface area (Å²) in [6, 6.07) is 38.8. The van der Waals surface area contributed by atoms with E-state index in [0.717, 1.165) is 12.8 Å². The summed E-state index contributed by atoms with van der Waals surface area (Å²) in [5.74, 6) is 0.319. The first-order chi connectivity index (χ1) is 18.3. The molecule has 3 aliphatic rings. The third-order valence-electron chi connectivity index (χ3n) is 9.69. The lowest BCUT2D eigenvalue weighted by Crippen LogP contribution is -2.34. The Bertz CT molecular complexity index is 1600. The normalized spacial score (nSPS) is 25.4. The molecule has 0 saturated heterocycles. The number of hydrogen-bond acceptors (Lipinski definition) is 0. The second-order valence-corrected chi connectivity index (χ2v) is 12.8. The van der Waals surface area contributed by atoms with Crippen LogP contribution in [0.3, 0.4) is 0 Å². The minimum absolute atomic E-state index is 0.0561. The first-order valence-corrected chi connectivity index (χ1v) is 14.1. The Hall–Kier alpha value is -3.64. The van der Waals surface area contributed by atoms with Crippen molar-refractivity contribution in [2.75, 3.05) is 0 Å². The van der Waals surface area contributed by atoms with Gasteiger partial charge in [-0.25, -0.2) is 0 Å². The fourth-order valence-corrected chi connectivity index (χ4v) is 7.81. The highest BCUT2D eigenvalue weighted by molar-refractivity contribution is 5.79. The van der Waals surface area contributed by atoms with Crippen LogP contribution in [0.2, 0.25) is 0 Å². The average Bonchev–Trinajstić information content (AvgIpc) is 3.62. The molecule has 1 saturated carbocycles. The van der Waals surface area contributed by atoms with E-state index >= 15 is 0 Å². The smallest absolute Gasteiger partial charge is 0.0317 e. The molecule has 0 nitrogen and oxygen atoms in total. The fraction of sp³-hybridized carbons (Fsp3) is 0.263. The predicted molar refractivity (Wildman–Crippen MR) is 159 cm³/mol. The Balaban J connectivity index is 1.54. The van der Waals surface area contributed by atoms with Gasteiger partial charge in [-0.1, -0.05) is 149 Å². The van der Waals surface area contributed by atoms with E-state index in [2.05, 4.69) is 143 Å². The van der Waals surface area contributed by atoms with Crippen molar-refractivity contribution in [2.24, 2.45) is 11.3 Å². The molecule has 3 aliphatic carbocycles. The standard InChI is InChI=1S/C38H36/c1-36(2,3)29-23-34-35(24-29)38(28-17-9-6-10-18-28,25-37(34,4)27-15-7-5-8-16-27)33-21-13-20-31-30-19-12-11-14-26(30)22-32(31)33/h5-21,23-24,35H,22,25H2,1-4H3. The van der Waals surface area contributed by atoms with Crippen molar-refractivity contribution in [3.05, 3.63) is 154 Å². The Morgan fingerprint density at radius 3 is 2.03 bits per heavy atom. The Kier molecular flexibility index (Phi) is 5.05. The SMILES string of the molecule is CC(C)(C)C1=CC2C(=C1)C(C)(c1ccccc1)CC2(c1ccccc1)c1cccc2c1Cc1ccccc1-2. The summed E-state index contributed by atoms with van der Waals surface area (Å²) >= 11 is 0. The lowest BCUT2D eigenvalue weighted by molar-refractivity contribution is 0.421. The minimum atomic E-state index is -0.141. The van der Waals surface area contributed by atoms with Gasteiger partial charge in [-0.15, -0.1) is 0 Å². The number of allylic oxidation sites excluding steroid dienone is 4. The van der Waals surface area contributed by atoms with E-state index in [1.54, 1.807) is 5.57 Å². The molecule has 0 aliphatic heterocycles. The zero-order valence-electron chi connectivity index (χ0n) is 23.0. The van der Waals surface area contributed by atoms with Crippen LogP contribution in [0.1, 0.15) is 61.9 Å². The lowest BCUT2D eigenvalue weighted by Gasteiger charge is -2.38. The lowest BCUT2D eigenvalue weighted by atomic mass is 9.64. The van der Waals surface area contributed by atoms with Crippen molar-refractivity contribution in [3.63, 3.8) is 0 Å². The van der Waals surface area contributed by atoms with E-state index in [1.165, 1.54) is 44.5 Å². The highest BCUT2D eigenvalue weighted by Gasteiger charge is 2.59. The van der Waals surface area contributed by atoms with Gasteiger partial charge in [0.15, 0.2) is 0 Å². The molecule has 0 aromatic heterocycles. The molecule has 7 rings (SSSR count). The molecular weight excluding hydrogens is 456 g/mol. The molecule has 0 bridgehead atoms. The fourth-order valence-electron chi connectivity index (χ4n) is 7.81. The van der Waals surface area contributed by atoms with Gasteiger partial charge in [0.2, 0.25) is 0 Å². The van der Waals surface area contributed by atoms with Gasteiger partial charge in [0.25, 0.3) is 0 Å². The van der Waals surface area contributed by atoms with Gasteiger partial charge in [-0.2, -0.15) is 0 Å². The summed E-state index contributed by atoms with van der Waals surface area (Å²) in [6.07, 6.45) is 7.28. The quantitative estimate of drug-likeness (QED) is 0.235. The van der Waals surface area contributed by atoms with Crippen molar-refractivity contribution in [3.8, 4) is 11.1 Å². The maximum Gasteiger partial charge on any atom is 0.0317 e. The van der Waals surface area contributed by atoms with Crippen LogP contribution in [0.25, 0.3) is 11.1 Å². The van der Waals surface area contributed by atoms with Crippen LogP contribution in [0.5, 0.6) is 0 Å². The molecule has 3 unspecified atom stereocenters. The van der Waals surface area contributed by atoms with E-state index in [4.69, 9.17) is 0 Å². The Morgan fingerprint density at radius 1 is 0.684 bits per heavy atom. The van der Waals surface area contributed by atoms with Crippen LogP contribution in [0.4, 0.5) is 0 Å². The van der Waals surface area contributed by atoms with Gasteiger partial charge >= 0.3 is 0 Å². The first-order valence-electron chi connectivity index (χ1n) is 14.1. The van der Waals surface area contributed by atoms with E-state index in [9.17, 15) is 0 Å². The van der Waals surface area contributed by atoms with Gasteiger partial charge in [0.1, 0.15) is 0 Å². The van der Waals surface area contributed by atoms with Crippen molar-refractivity contribution < 1.29 is 0 Å². The van der Waals surface area contributed by atoms with Gasteiger partial charge < -0.3 is 0 Å². The Labute approximate surface area is 227 Å². The molecule has 0 heterocycles. The van der Waals surface area contributed by atoms with E-state index in [1.807, 2.05) is 0 Å². The van der Waals surface area contributed by atoms with Crippen LogP contribution in [-0.2, 0) is 17.3 Å². The molecule has 188 valence electrons. The van der Waals surface area contributed by atoms with E-state index < -0.39 is 0 Å². The maximum atomic E-state index is 2.64. The second-order valence-electron chi connectivity index (χ2n) is 12.8. The molecule has 4 aromatic rings. The third kappa shape index (κ3) is 3.22. The molecule has 0 heteroatoms. The summed E-state index contributed by atoms with van der Waals surface area (Å²) in [5.41, 5.74) is 13.1. The molecule has 0 amide bonds. The second kappa shape index (κ2) is 8.18. The zero-order valence-corrected chi connectivity index (χ0v) is 23.0. The van der Waals surface area contributed by atoms with Crippen LogP contribution in [0, 0.1) is 11.3 Å². The summed E-state index contributed by atoms with van der Waals surface area (Å²) in [5, 5.41) is 0. The van der Waals surface area contributed by atoms with E-state index in [-0.39, 0.29) is 16.2 Å². The van der Waals surface area contributed by atoms with Crippen molar-refractivity contribution in [1.82, 2.24) is 0 Å². The summed E-state index contributed by atoms with van der Waals surface area (Å²) in [4.78, 5) is 0. The largest absolute Gasteiger partial charge is 0.0723 e. The third-order valence-corrected chi connectivity index (χ3v) is 9.69. The van der Waals surface area contributed by atoms with E-state index in [0.29, 0.717) is 5.92 Å². The van der Waals surface area contributed by atoms with Crippen molar-refractivity contribution in [1.29, 1.82) is 0 Å². The highest BCUT2D eigenvalue weighted by Crippen LogP contribution is 2.65. The molecule has 38 heavy (non-hydrogen) atoms. The average molecular weight is 493 g/mol. The number of hydrogen-bond donors (Lipinski definition) is 0. The number of benzene rings is 4. The molecule has 4 aromatic carbocycles. The van der Waals surface area contributed by atoms with Gasteiger partial charge in [0, 0.05) is 16.7 Å².